The summed E-state index contributed by atoms with van der Waals surface area (Å²) in [4.78, 5) is 0. The molecule has 0 radical (unpaired) electrons. The fourth-order valence-corrected chi connectivity index (χ4v) is 11.4. The third-order valence-electron chi connectivity index (χ3n) is 12.4. The van der Waals surface area contributed by atoms with Gasteiger partial charge in [-0.25, -0.2) is 0 Å². The van der Waals surface area contributed by atoms with Crippen molar-refractivity contribution < 1.29 is 4.42 Å². The highest BCUT2D eigenvalue weighted by molar-refractivity contribution is 7.27. The van der Waals surface area contributed by atoms with Gasteiger partial charge in [0.15, 0.2) is 0 Å². The van der Waals surface area contributed by atoms with Crippen molar-refractivity contribution in [2.24, 2.45) is 0 Å². The Hall–Kier alpha value is -7.26. The van der Waals surface area contributed by atoms with Gasteiger partial charge in [-0.15, -0.1) is 11.3 Å². The summed E-state index contributed by atoms with van der Waals surface area (Å²) in [7, 11) is 0. The van der Waals surface area contributed by atoms with Crippen LogP contribution in [0.5, 0.6) is 0 Å². The summed E-state index contributed by atoms with van der Waals surface area (Å²) in [6.07, 6.45) is 0. The van der Waals surface area contributed by atoms with Crippen LogP contribution in [-0.2, 0) is 0 Å². The molecule has 268 valence electrons. The fourth-order valence-electron chi connectivity index (χ4n) is 10.0. The Labute approximate surface area is 337 Å². The minimum atomic E-state index is 0.910. The third-order valence-corrected chi connectivity index (χ3v) is 13.7. The van der Waals surface area contributed by atoms with Gasteiger partial charge in [0, 0.05) is 41.7 Å². The van der Waals surface area contributed by atoms with Gasteiger partial charge in [-0.2, -0.15) is 0 Å². The SMILES string of the molecule is c1cc(-c2c3ccccc3c(-c3cccc4oc5ccccc5c34)c3ccccc23)cc(-c2cc3c(sc4c5ccccc5c5ccccc5c34)c3ccccc23)c1. The second-order valence-electron chi connectivity index (χ2n) is 15.4. The lowest BCUT2D eigenvalue weighted by atomic mass is 9.84. The summed E-state index contributed by atoms with van der Waals surface area (Å²) >= 11 is 1.94. The maximum atomic E-state index is 6.40. The zero-order valence-electron chi connectivity index (χ0n) is 31.3. The van der Waals surface area contributed by atoms with E-state index in [1.807, 2.05) is 17.4 Å². The van der Waals surface area contributed by atoms with Crippen LogP contribution in [0.4, 0.5) is 0 Å². The highest BCUT2D eigenvalue weighted by atomic mass is 32.1. The Bertz CT molecular complexity index is 3810. The Kier molecular flexibility index (Phi) is 6.66. The van der Waals surface area contributed by atoms with Gasteiger partial charge in [-0.1, -0.05) is 170 Å². The van der Waals surface area contributed by atoms with Gasteiger partial charge in [0.2, 0.25) is 0 Å². The minimum absolute atomic E-state index is 0.910. The Balaban J connectivity index is 1.09. The van der Waals surface area contributed by atoms with Crippen LogP contribution in [0.25, 0.3) is 129 Å². The molecule has 0 spiro atoms. The molecule has 0 aliphatic carbocycles. The first-order valence-electron chi connectivity index (χ1n) is 19.9. The molecular weight excluding hydrogens is 721 g/mol. The minimum Gasteiger partial charge on any atom is -0.456 e. The normalized spacial score (nSPS) is 12.1. The van der Waals surface area contributed by atoms with Crippen LogP contribution in [-0.4, -0.2) is 0 Å². The maximum Gasteiger partial charge on any atom is 0.136 e. The predicted octanol–water partition coefficient (Wildman–Crippen LogP) is 16.7. The molecule has 0 fully saturated rings. The molecular formula is C56H32OS. The average molecular weight is 753 g/mol. The number of para-hydroxylation sites is 1. The van der Waals surface area contributed by atoms with E-state index in [2.05, 4.69) is 188 Å². The van der Waals surface area contributed by atoms with E-state index in [-0.39, 0.29) is 0 Å². The van der Waals surface area contributed by atoms with Crippen LogP contribution < -0.4 is 0 Å². The first-order valence-corrected chi connectivity index (χ1v) is 20.7. The number of benzene rings is 11. The Morgan fingerprint density at radius 3 is 1.48 bits per heavy atom. The number of rotatable bonds is 3. The molecule has 2 aromatic heterocycles. The predicted molar refractivity (Wildman–Crippen MR) is 250 cm³/mol. The second-order valence-corrected chi connectivity index (χ2v) is 16.5. The summed E-state index contributed by atoms with van der Waals surface area (Å²) in [5.74, 6) is 0. The number of hydrogen-bond donors (Lipinski definition) is 0. The lowest BCUT2D eigenvalue weighted by molar-refractivity contribution is 0.669. The van der Waals surface area contributed by atoms with E-state index >= 15 is 0 Å². The molecule has 0 unspecified atom stereocenters. The smallest absolute Gasteiger partial charge is 0.136 e. The first-order chi connectivity index (χ1) is 28.8. The van der Waals surface area contributed by atoms with E-state index in [4.69, 9.17) is 4.42 Å². The fraction of sp³-hybridized carbons (Fsp3) is 0. The molecule has 13 rings (SSSR count). The van der Waals surface area contributed by atoms with E-state index in [9.17, 15) is 0 Å². The van der Waals surface area contributed by atoms with E-state index < -0.39 is 0 Å². The van der Waals surface area contributed by atoms with Crippen LogP contribution in [0.15, 0.2) is 199 Å². The molecule has 13 aromatic rings. The van der Waals surface area contributed by atoms with E-state index in [0.29, 0.717) is 0 Å². The molecule has 0 N–H and O–H groups in total. The molecule has 1 nitrogen and oxygen atoms in total. The highest BCUT2D eigenvalue weighted by Crippen LogP contribution is 2.50. The molecule has 0 amide bonds. The van der Waals surface area contributed by atoms with Crippen molar-refractivity contribution in [2.75, 3.05) is 0 Å². The monoisotopic (exact) mass is 752 g/mol. The number of furan rings is 1. The summed E-state index contributed by atoms with van der Waals surface area (Å²) in [5.41, 5.74) is 9.19. The van der Waals surface area contributed by atoms with Crippen molar-refractivity contribution in [3.05, 3.63) is 194 Å². The van der Waals surface area contributed by atoms with Gasteiger partial charge in [0.25, 0.3) is 0 Å². The van der Waals surface area contributed by atoms with Crippen LogP contribution in [0.3, 0.4) is 0 Å². The number of thiophene rings is 1. The van der Waals surface area contributed by atoms with Crippen molar-refractivity contribution in [2.45, 2.75) is 0 Å². The van der Waals surface area contributed by atoms with Crippen LogP contribution in [0.2, 0.25) is 0 Å². The molecule has 2 heteroatoms. The summed E-state index contributed by atoms with van der Waals surface area (Å²) in [6.45, 7) is 0. The second kappa shape index (κ2) is 12.1. The number of fused-ring (bicyclic) bond motifs is 15. The van der Waals surface area contributed by atoms with Crippen LogP contribution in [0.1, 0.15) is 0 Å². The summed E-state index contributed by atoms with van der Waals surface area (Å²) < 4.78 is 9.11. The first kappa shape index (κ1) is 31.9. The third kappa shape index (κ3) is 4.41. The van der Waals surface area contributed by atoms with Crippen LogP contribution in [0, 0.1) is 0 Å². The van der Waals surface area contributed by atoms with Crippen molar-refractivity contribution in [3.63, 3.8) is 0 Å². The van der Waals surface area contributed by atoms with Gasteiger partial charge in [-0.3, -0.25) is 0 Å². The van der Waals surface area contributed by atoms with Gasteiger partial charge in [0.1, 0.15) is 11.2 Å². The van der Waals surface area contributed by atoms with Crippen LogP contribution >= 0.6 is 11.3 Å². The Morgan fingerprint density at radius 1 is 0.276 bits per heavy atom. The van der Waals surface area contributed by atoms with Gasteiger partial charge in [-0.05, 0) is 101 Å². The zero-order chi connectivity index (χ0) is 37.9. The maximum absolute atomic E-state index is 6.40. The molecule has 0 atom stereocenters. The van der Waals surface area contributed by atoms with E-state index in [1.54, 1.807) is 0 Å². The lowest BCUT2D eigenvalue weighted by Gasteiger charge is -2.19. The molecule has 58 heavy (non-hydrogen) atoms. The highest BCUT2D eigenvalue weighted by Gasteiger charge is 2.22. The quantitative estimate of drug-likeness (QED) is 0.129. The molecule has 0 saturated heterocycles. The molecule has 0 aliphatic heterocycles. The molecule has 11 aromatic carbocycles. The van der Waals surface area contributed by atoms with Crippen molar-refractivity contribution >= 4 is 107 Å². The summed E-state index contributed by atoms with van der Waals surface area (Å²) in [5, 5.41) is 17.7. The lowest BCUT2D eigenvalue weighted by Crippen LogP contribution is -1.92. The zero-order valence-corrected chi connectivity index (χ0v) is 32.1. The molecule has 2 heterocycles. The largest absolute Gasteiger partial charge is 0.456 e. The van der Waals surface area contributed by atoms with Crippen molar-refractivity contribution in [1.29, 1.82) is 0 Å². The van der Waals surface area contributed by atoms with E-state index in [1.165, 1.54) is 107 Å². The molecule has 0 saturated carbocycles. The van der Waals surface area contributed by atoms with Gasteiger partial charge in [0.05, 0.1) is 0 Å². The summed E-state index contributed by atoms with van der Waals surface area (Å²) in [6, 6.07) is 71.4. The van der Waals surface area contributed by atoms with Crippen molar-refractivity contribution in [3.8, 4) is 33.4 Å². The number of hydrogen-bond acceptors (Lipinski definition) is 2. The average Bonchev–Trinajstić information content (AvgIpc) is 3.88. The molecule has 0 bridgehead atoms. The standard InChI is InChI=1S/C56H32OS/c1-4-20-38-35(17-1)36-18-2-10-26-44(36)56-54(38)48-32-47(37-19-3-9-25-43(37)55(48)58-56)33-15-13-16-34(31-33)51-39-21-5-7-23-41(39)52(42-24-8-6-22-40(42)51)46-28-14-30-50-53(46)45-27-11-12-29-49(45)57-50/h1-32H. The van der Waals surface area contributed by atoms with Gasteiger partial charge < -0.3 is 4.42 Å². The Morgan fingerprint density at radius 2 is 0.776 bits per heavy atom. The van der Waals surface area contributed by atoms with Gasteiger partial charge >= 0.3 is 0 Å². The molecule has 0 aliphatic rings. The van der Waals surface area contributed by atoms with E-state index in [0.717, 1.165) is 21.9 Å². The van der Waals surface area contributed by atoms with Crippen molar-refractivity contribution in [1.82, 2.24) is 0 Å². The topological polar surface area (TPSA) is 13.1 Å².